The zero-order chi connectivity index (χ0) is 25.0. The van der Waals surface area contributed by atoms with E-state index in [2.05, 4.69) is 11.7 Å². The fraction of sp³-hybridized carbons (Fsp3) is 0.750. The predicted molar refractivity (Wildman–Crippen MR) is 105 cm³/mol. The Balaban J connectivity index is 1.53. The van der Waals surface area contributed by atoms with Crippen molar-refractivity contribution in [1.82, 2.24) is 0 Å². The van der Waals surface area contributed by atoms with E-state index in [-0.39, 0.29) is 5.41 Å². The normalized spacial score (nSPS) is 40.4. The highest BCUT2D eigenvalue weighted by atomic mass is 19.3. The van der Waals surface area contributed by atoms with Crippen LogP contribution in [0.15, 0.2) is 12.1 Å². The molecule has 34 heavy (non-hydrogen) atoms. The van der Waals surface area contributed by atoms with E-state index >= 15 is 26.3 Å². The first-order valence-electron chi connectivity index (χ1n) is 11.6. The molecule has 0 atom stereocenters. The molecule has 0 saturated heterocycles. The zero-order valence-electron chi connectivity index (χ0n) is 18.6. The van der Waals surface area contributed by atoms with Crippen molar-refractivity contribution in [1.29, 1.82) is 0 Å². The van der Waals surface area contributed by atoms with Crippen LogP contribution in [-0.2, 0) is 0 Å². The van der Waals surface area contributed by atoms with Gasteiger partial charge in [0, 0.05) is 5.41 Å². The molecule has 1 N–H and O–H groups in total. The topological polar surface area (TPSA) is 29.5 Å². The molecule has 1 aromatic rings. The number of alkyl halides is 6. The van der Waals surface area contributed by atoms with E-state index in [4.69, 9.17) is 5.11 Å². The number of phenolic OH excluding ortho intramolecular Hbond substituents is 1. The molecular weight excluding hydrogens is 472 g/mol. The Morgan fingerprint density at radius 3 is 1.82 bits per heavy atom. The maximum absolute atomic E-state index is 15.9. The molecule has 0 unspecified atom stereocenters. The smallest absolute Gasteiger partial charge is 0.409 e. The second-order valence-electron chi connectivity index (χ2n) is 11.2. The van der Waals surface area contributed by atoms with Gasteiger partial charge in [-0.2, -0.15) is 35.1 Å². The Morgan fingerprint density at radius 1 is 0.765 bits per heavy atom. The van der Waals surface area contributed by atoms with Crippen molar-refractivity contribution in [2.24, 2.45) is 21.7 Å². The number of hydrogen-bond donors (Lipinski definition) is 1. The van der Waals surface area contributed by atoms with Crippen molar-refractivity contribution < 1.29 is 45.0 Å². The Labute approximate surface area is 191 Å². The Morgan fingerprint density at radius 2 is 1.29 bits per heavy atom. The van der Waals surface area contributed by atoms with Crippen LogP contribution >= 0.6 is 0 Å². The molecule has 0 heterocycles. The van der Waals surface area contributed by atoms with E-state index in [1.54, 1.807) is 0 Å². The highest BCUT2D eigenvalue weighted by Crippen LogP contribution is 2.81. The second kappa shape index (κ2) is 6.72. The molecule has 0 aliphatic heterocycles. The first-order chi connectivity index (χ1) is 15.6. The van der Waals surface area contributed by atoms with E-state index in [0.29, 0.717) is 50.7 Å². The molecule has 7 rings (SSSR count). The molecule has 0 spiro atoms. The van der Waals surface area contributed by atoms with Crippen LogP contribution in [0.5, 0.6) is 11.5 Å². The molecule has 6 aliphatic carbocycles. The standard InChI is InChI=1S/C24H26F8O2/c1-18-4-7-19(8-5-18,9-6-18)20-10-12-21(13-11-20,23(29,30)22(20,27)28)24(31,32)34-15-3-2-14(33)16(25)17(15)26/h2-3,33H,4-13H2,1H3. The maximum Gasteiger partial charge on any atom is 0.409 e. The highest BCUT2D eigenvalue weighted by Gasteiger charge is 2.90. The zero-order valence-corrected chi connectivity index (χ0v) is 18.6. The predicted octanol–water partition coefficient (Wildman–Crippen LogP) is 7.83. The van der Waals surface area contributed by atoms with Crippen molar-refractivity contribution in [3.05, 3.63) is 23.8 Å². The number of rotatable bonds is 4. The summed E-state index contributed by atoms with van der Waals surface area (Å²) < 4.78 is 126. The number of fused-ring (bicyclic) bond motifs is 6. The van der Waals surface area contributed by atoms with Gasteiger partial charge in [0.25, 0.3) is 0 Å². The summed E-state index contributed by atoms with van der Waals surface area (Å²) in [5, 5.41) is 9.17. The van der Waals surface area contributed by atoms with Gasteiger partial charge in [-0.1, -0.05) is 6.92 Å². The summed E-state index contributed by atoms with van der Waals surface area (Å²) in [6.07, 6.45) is -4.77. The van der Waals surface area contributed by atoms with Crippen LogP contribution in [0.2, 0.25) is 0 Å². The van der Waals surface area contributed by atoms with Gasteiger partial charge in [0.15, 0.2) is 11.5 Å². The molecule has 190 valence electrons. The molecule has 10 heteroatoms. The SMILES string of the molecule is CC12CCC(C34CCC(C(F)(F)Oc5ccc(O)c(F)c5F)(CC3)C(F)(F)C4(F)F)(CC1)CC2. The fourth-order valence-corrected chi connectivity index (χ4v) is 7.60. The number of ether oxygens (including phenoxy) is 1. The van der Waals surface area contributed by atoms with Gasteiger partial charge in [0.05, 0.1) is 0 Å². The fourth-order valence-electron chi connectivity index (χ4n) is 7.60. The Hall–Kier alpha value is -1.74. The summed E-state index contributed by atoms with van der Waals surface area (Å²) in [5.41, 5.74) is -6.71. The number of aromatic hydroxyl groups is 1. The monoisotopic (exact) mass is 498 g/mol. The van der Waals surface area contributed by atoms with Crippen molar-refractivity contribution in [2.45, 2.75) is 89.1 Å². The van der Waals surface area contributed by atoms with Gasteiger partial charge in [-0.15, -0.1) is 0 Å². The quantitative estimate of drug-likeness (QED) is 0.429. The lowest BCUT2D eigenvalue weighted by molar-refractivity contribution is -0.449. The molecule has 2 nitrogen and oxygen atoms in total. The van der Waals surface area contributed by atoms with Gasteiger partial charge in [-0.05, 0) is 87.2 Å². The van der Waals surface area contributed by atoms with Gasteiger partial charge >= 0.3 is 18.0 Å². The minimum Gasteiger partial charge on any atom is -0.505 e. The van der Waals surface area contributed by atoms with Gasteiger partial charge in [0.1, 0.15) is 5.41 Å². The van der Waals surface area contributed by atoms with E-state index < -0.39 is 83.0 Å². The lowest BCUT2D eigenvalue weighted by atomic mass is 9.36. The lowest BCUT2D eigenvalue weighted by Gasteiger charge is -2.70. The molecule has 6 fully saturated rings. The van der Waals surface area contributed by atoms with Gasteiger partial charge < -0.3 is 9.84 Å². The van der Waals surface area contributed by atoms with Crippen LogP contribution in [0.3, 0.4) is 0 Å². The highest BCUT2D eigenvalue weighted by molar-refractivity contribution is 5.35. The van der Waals surface area contributed by atoms with Crippen molar-refractivity contribution in [3.63, 3.8) is 0 Å². The molecule has 1 aromatic carbocycles. The van der Waals surface area contributed by atoms with Gasteiger partial charge in [-0.3, -0.25) is 0 Å². The molecule has 4 bridgehead atoms. The summed E-state index contributed by atoms with van der Waals surface area (Å²) in [5.74, 6) is -16.4. The molecule has 6 aliphatic rings. The van der Waals surface area contributed by atoms with Crippen LogP contribution in [0, 0.1) is 33.3 Å². The third kappa shape index (κ3) is 2.58. The minimum absolute atomic E-state index is 0.00756. The maximum atomic E-state index is 15.9. The average molecular weight is 498 g/mol. The number of phenols is 1. The number of benzene rings is 1. The van der Waals surface area contributed by atoms with Crippen LogP contribution in [0.1, 0.15) is 71.1 Å². The summed E-state index contributed by atoms with van der Waals surface area (Å²) in [7, 11) is 0. The number of halogens is 8. The third-order valence-electron chi connectivity index (χ3n) is 10.0. The molecule has 0 radical (unpaired) electrons. The van der Waals surface area contributed by atoms with E-state index in [9.17, 15) is 8.78 Å². The molecule has 0 amide bonds. The van der Waals surface area contributed by atoms with E-state index in [1.165, 1.54) is 0 Å². The van der Waals surface area contributed by atoms with E-state index in [1.807, 2.05) is 0 Å². The summed E-state index contributed by atoms with van der Waals surface area (Å²) in [6.45, 7) is 2.07. The van der Waals surface area contributed by atoms with E-state index in [0.717, 1.165) is 0 Å². The Kier molecular flexibility index (Phi) is 4.74. The van der Waals surface area contributed by atoms with Crippen LogP contribution in [0.4, 0.5) is 35.1 Å². The van der Waals surface area contributed by atoms with Gasteiger partial charge in [0.2, 0.25) is 11.6 Å². The summed E-state index contributed by atoms with van der Waals surface area (Å²) >= 11 is 0. The Bertz CT molecular complexity index is 988. The number of hydrogen-bond acceptors (Lipinski definition) is 2. The molecular formula is C24H26F8O2. The van der Waals surface area contributed by atoms with Crippen LogP contribution < -0.4 is 4.74 Å². The summed E-state index contributed by atoms with van der Waals surface area (Å²) in [6, 6.07) is 0.963. The van der Waals surface area contributed by atoms with Crippen LogP contribution in [-0.4, -0.2) is 23.1 Å². The first kappa shape index (κ1) is 24.0. The minimum atomic E-state index is -5.14. The lowest BCUT2D eigenvalue weighted by Crippen LogP contribution is -2.78. The van der Waals surface area contributed by atoms with Crippen molar-refractivity contribution in [3.8, 4) is 11.5 Å². The summed E-state index contributed by atoms with van der Waals surface area (Å²) in [4.78, 5) is 0. The average Bonchev–Trinajstić information content (AvgIpc) is 2.79. The molecule has 0 aromatic heterocycles. The van der Waals surface area contributed by atoms with Crippen molar-refractivity contribution in [2.75, 3.05) is 0 Å². The van der Waals surface area contributed by atoms with Gasteiger partial charge in [-0.25, -0.2) is 0 Å². The van der Waals surface area contributed by atoms with Crippen molar-refractivity contribution >= 4 is 0 Å². The second-order valence-corrected chi connectivity index (χ2v) is 11.2. The first-order valence-corrected chi connectivity index (χ1v) is 11.6. The molecule has 6 saturated carbocycles. The van der Waals surface area contributed by atoms with Crippen LogP contribution in [0.25, 0.3) is 0 Å². The third-order valence-corrected chi connectivity index (χ3v) is 10.0. The largest absolute Gasteiger partial charge is 0.505 e.